The first kappa shape index (κ1) is 8.85. The van der Waals surface area contributed by atoms with Gasteiger partial charge in [0.2, 0.25) is 5.95 Å². The minimum Gasteiger partial charge on any atom is -0.367 e. The fourth-order valence-electron chi connectivity index (χ4n) is 1.93. The van der Waals surface area contributed by atoms with Gasteiger partial charge in [-0.15, -0.1) is 0 Å². The molecule has 3 nitrogen and oxygen atoms in total. The molecule has 2 unspecified atom stereocenters. The highest BCUT2D eigenvalue weighted by molar-refractivity contribution is 7.05. The molecule has 1 heterocycles. The third kappa shape index (κ3) is 1.61. The Morgan fingerprint density at radius 2 is 2.00 bits per heavy atom. The van der Waals surface area contributed by atoms with Gasteiger partial charge in [0.15, 0.2) is 0 Å². The highest BCUT2D eigenvalue weighted by Gasteiger charge is 2.41. The number of hydrogen-bond acceptors (Lipinski definition) is 4. The molecule has 15 heavy (non-hydrogen) atoms. The van der Waals surface area contributed by atoms with Gasteiger partial charge < -0.3 is 5.73 Å². The molecule has 3 rings (SSSR count). The summed E-state index contributed by atoms with van der Waals surface area (Å²) < 4.78 is 4.01. The number of benzene rings is 1. The third-order valence-electron chi connectivity index (χ3n) is 2.79. The quantitative estimate of drug-likeness (QED) is 0.840. The Hall–Kier alpha value is -1.42. The van der Waals surface area contributed by atoms with Crippen LogP contribution in [0.4, 0.5) is 5.95 Å². The van der Waals surface area contributed by atoms with E-state index >= 15 is 0 Å². The maximum absolute atomic E-state index is 5.52. The molecule has 0 amide bonds. The summed E-state index contributed by atoms with van der Waals surface area (Å²) in [4.78, 5) is 4.23. The fraction of sp³-hybridized carbons (Fsp3) is 0.273. The number of aromatic nitrogens is 2. The number of hydrogen-bond donors (Lipinski definition) is 1. The second-order valence-corrected chi connectivity index (χ2v) is 4.63. The monoisotopic (exact) mass is 217 g/mol. The van der Waals surface area contributed by atoms with Crippen molar-refractivity contribution >= 4 is 17.5 Å². The van der Waals surface area contributed by atoms with E-state index in [0.29, 0.717) is 17.8 Å². The number of nitrogen functional groups attached to an aromatic ring is 1. The molecule has 1 aliphatic rings. The van der Waals surface area contributed by atoms with Crippen molar-refractivity contribution in [2.75, 3.05) is 5.73 Å². The normalized spacial score (nSPS) is 24.0. The third-order valence-corrected chi connectivity index (χ3v) is 3.65. The lowest BCUT2D eigenvalue weighted by Gasteiger charge is -1.96. The Balaban J connectivity index is 1.80. The number of anilines is 1. The molecule has 1 saturated carbocycles. The van der Waals surface area contributed by atoms with Gasteiger partial charge >= 0.3 is 0 Å². The zero-order chi connectivity index (χ0) is 10.3. The van der Waals surface area contributed by atoms with E-state index in [-0.39, 0.29) is 0 Å². The molecular formula is C11H11N3S. The van der Waals surface area contributed by atoms with Crippen LogP contribution < -0.4 is 5.73 Å². The predicted octanol–water partition coefficient (Wildman–Crippen LogP) is 2.39. The van der Waals surface area contributed by atoms with Gasteiger partial charge in [0, 0.05) is 5.92 Å². The van der Waals surface area contributed by atoms with Crippen LogP contribution in [0.25, 0.3) is 0 Å². The molecule has 0 spiro atoms. The van der Waals surface area contributed by atoms with E-state index in [1.54, 1.807) is 0 Å². The lowest BCUT2D eigenvalue weighted by atomic mass is 10.1. The van der Waals surface area contributed by atoms with Gasteiger partial charge in [-0.2, -0.15) is 4.37 Å². The van der Waals surface area contributed by atoms with E-state index < -0.39 is 0 Å². The number of nitrogens with zero attached hydrogens (tertiary/aromatic N) is 2. The topological polar surface area (TPSA) is 51.8 Å². The predicted molar refractivity (Wildman–Crippen MR) is 60.9 cm³/mol. The van der Waals surface area contributed by atoms with Gasteiger partial charge in [-0.25, -0.2) is 4.98 Å². The fourth-order valence-corrected chi connectivity index (χ4v) is 2.69. The Morgan fingerprint density at radius 3 is 2.67 bits per heavy atom. The van der Waals surface area contributed by atoms with Crippen LogP contribution in [-0.2, 0) is 0 Å². The van der Waals surface area contributed by atoms with E-state index in [4.69, 9.17) is 5.73 Å². The van der Waals surface area contributed by atoms with Gasteiger partial charge in [0.05, 0.1) is 0 Å². The van der Waals surface area contributed by atoms with Crippen LogP contribution in [0.3, 0.4) is 0 Å². The highest BCUT2D eigenvalue weighted by Crippen LogP contribution is 2.54. The van der Waals surface area contributed by atoms with Crippen molar-refractivity contribution in [3.05, 3.63) is 40.9 Å². The molecule has 0 bridgehead atoms. The summed E-state index contributed by atoms with van der Waals surface area (Å²) in [6, 6.07) is 10.6. The summed E-state index contributed by atoms with van der Waals surface area (Å²) in [5, 5.41) is 1.08. The molecule has 0 aliphatic heterocycles. The second-order valence-electron chi connectivity index (χ2n) is 3.85. The molecule has 1 fully saturated rings. The van der Waals surface area contributed by atoms with E-state index in [1.807, 2.05) is 6.07 Å². The van der Waals surface area contributed by atoms with Crippen molar-refractivity contribution in [2.45, 2.75) is 18.3 Å². The van der Waals surface area contributed by atoms with Crippen molar-refractivity contribution in [1.82, 2.24) is 9.36 Å². The van der Waals surface area contributed by atoms with E-state index in [1.165, 1.54) is 23.5 Å². The van der Waals surface area contributed by atoms with Crippen LogP contribution in [0.15, 0.2) is 30.3 Å². The minimum absolute atomic E-state index is 0.411. The standard InChI is InChI=1S/C11H11N3S/c12-11-13-10(15-14-11)9-6-8(9)7-4-2-1-3-5-7/h1-5,8-9H,6H2,(H2,12,14). The molecule has 0 radical (unpaired) electrons. The lowest BCUT2D eigenvalue weighted by Crippen LogP contribution is -1.87. The van der Waals surface area contributed by atoms with Crippen LogP contribution in [0.1, 0.15) is 28.8 Å². The minimum atomic E-state index is 0.411. The summed E-state index contributed by atoms with van der Waals surface area (Å²) in [7, 11) is 0. The van der Waals surface area contributed by atoms with Gasteiger partial charge in [0.25, 0.3) is 0 Å². The summed E-state index contributed by atoms with van der Waals surface area (Å²) in [5.74, 6) is 1.58. The molecule has 1 aromatic heterocycles. The van der Waals surface area contributed by atoms with Crippen molar-refractivity contribution in [3.63, 3.8) is 0 Å². The SMILES string of the molecule is Nc1nsc(C2CC2c2ccccc2)n1. The van der Waals surface area contributed by atoms with Crippen LogP contribution in [0.5, 0.6) is 0 Å². The highest BCUT2D eigenvalue weighted by atomic mass is 32.1. The van der Waals surface area contributed by atoms with Crippen molar-refractivity contribution in [2.24, 2.45) is 0 Å². The van der Waals surface area contributed by atoms with Gasteiger partial charge in [0.1, 0.15) is 5.01 Å². The number of nitrogens with two attached hydrogens (primary N) is 1. The Morgan fingerprint density at radius 1 is 1.20 bits per heavy atom. The Labute approximate surface area is 92.1 Å². The summed E-state index contributed by atoms with van der Waals surface area (Å²) in [5.41, 5.74) is 6.92. The summed E-state index contributed by atoms with van der Waals surface area (Å²) in [6.07, 6.45) is 1.18. The largest absolute Gasteiger partial charge is 0.367 e. The smallest absolute Gasteiger partial charge is 0.232 e. The van der Waals surface area contributed by atoms with Crippen molar-refractivity contribution in [1.29, 1.82) is 0 Å². The maximum Gasteiger partial charge on any atom is 0.232 e. The summed E-state index contributed by atoms with van der Waals surface area (Å²) >= 11 is 1.43. The molecule has 1 aliphatic carbocycles. The number of rotatable bonds is 2. The zero-order valence-electron chi connectivity index (χ0n) is 8.13. The first-order valence-corrected chi connectivity index (χ1v) is 5.76. The first-order valence-electron chi connectivity index (χ1n) is 4.98. The molecule has 2 N–H and O–H groups in total. The maximum atomic E-state index is 5.52. The van der Waals surface area contributed by atoms with Crippen molar-refractivity contribution < 1.29 is 0 Å². The first-order chi connectivity index (χ1) is 7.34. The molecule has 2 atom stereocenters. The second kappa shape index (κ2) is 3.31. The van der Waals surface area contributed by atoms with Gasteiger partial charge in [-0.3, -0.25) is 0 Å². The van der Waals surface area contributed by atoms with Crippen LogP contribution in [0.2, 0.25) is 0 Å². The summed E-state index contributed by atoms with van der Waals surface area (Å²) in [6.45, 7) is 0. The molecule has 1 aromatic carbocycles. The van der Waals surface area contributed by atoms with Gasteiger partial charge in [-0.05, 0) is 29.4 Å². The van der Waals surface area contributed by atoms with Crippen LogP contribution in [0, 0.1) is 0 Å². The average molecular weight is 217 g/mol. The molecule has 76 valence electrons. The Bertz CT molecular complexity index is 466. The molecule has 4 heteroatoms. The zero-order valence-corrected chi connectivity index (χ0v) is 8.95. The molecular weight excluding hydrogens is 206 g/mol. The molecule has 0 saturated heterocycles. The average Bonchev–Trinajstić information content (AvgIpc) is 2.96. The Kier molecular flexibility index (Phi) is 1.95. The molecule has 2 aromatic rings. The van der Waals surface area contributed by atoms with Gasteiger partial charge in [-0.1, -0.05) is 30.3 Å². The van der Waals surface area contributed by atoms with Crippen molar-refractivity contribution in [3.8, 4) is 0 Å². The van der Waals surface area contributed by atoms with Crippen LogP contribution >= 0.6 is 11.5 Å². The van der Waals surface area contributed by atoms with Crippen LogP contribution in [-0.4, -0.2) is 9.36 Å². The van der Waals surface area contributed by atoms with E-state index in [2.05, 4.69) is 33.6 Å². The lowest BCUT2D eigenvalue weighted by molar-refractivity contribution is 1.01. The van der Waals surface area contributed by atoms with E-state index in [0.717, 1.165) is 5.01 Å². The van der Waals surface area contributed by atoms with E-state index in [9.17, 15) is 0 Å².